The molecule has 1 fully saturated rings. The van der Waals surface area contributed by atoms with Crippen molar-refractivity contribution in [1.82, 2.24) is 14.9 Å². The average molecular weight is 392 g/mol. The second-order valence-corrected chi connectivity index (χ2v) is 7.43. The van der Waals surface area contributed by atoms with Crippen molar-refractivity contribution in [1.29, 1.82) is 0 Å². The van der Waals surface area contributed by atoms with Crippen molar-refractivity contribution in [2.24, 2.45) is 5.92 Å². The van der Waals surface area contributed by atoms with E-state index in [0.717, 1.165) is 62.6 Å². The minimum atomic E-state index is -4.28. The Hall–Kier alpha value is -2.15. The van der Waals surface area contributed by atoms with Gasteiger partial charge in [0.1, 0.15) is 0 Å². The lowest BCUT2D eigenvalue weighted by Gasteiger charge is -2.32. The van der Waals surface area contributed by atoms with Gasteiger partial charge in [-0.25, -0.2) is 9.97 Å². The van der Waals surface area contributed by atoms with Crippen LogP contribution in [-0.4, -0.2) is 34.5 Å². The highest BCUT2D eigenvalue weighted by atomic mass is 19.4. The summed E-state index contributed by atoms with van der Waals surface area (Å²) in [5.41, 5.74) is 1.29. The number of benzene rings is 1. The number of nitrogens with zero attached hydrogens (tertiary/aromatic N) is 3. The third-order valence-corrected chi connectivity index (χ3v) is 5.15. The number of nitrogens with one attached hydrogen (secondary N) is 1. The van der Waals surface area contributed by atoms with Crippen LogP contribution in [0.3, 0.4) is 0 Å². The number of hydrogen-bond acceptors (Lipinski definition) is 4. The summed E-state index contributed by atoms with van der Waals surface area (Å²) >= 11 is 0. The standard InChI is InChI=1S/C21H27F3N4/c1-2-25-20-26-12-18(13-27-20)15-28-10-4-6-17(14-28)9-8-16-5-3-7-19(11-16)21(22,23)24/h3,5,7,11-13,17H,2,4,6,8-10,14-15H2,1H3,(H,25,26,27)/t17-/m1/s1. The largest absolute Gasteiger partial charge is 0.416 e. The first kappa shape index (κ1) is 20.6. The number of likely N-dealkylation sites (tertiary alicyclic amines) is 1. The van der Waals surface area contributed by atoms with E-state index in [1.165, 1.54) is 12.1 Å². The van der Waals surface area contributed by atoms with E-state index in [0.29, 0.717) is 18.3 Å². The highest BCUT2D eigenvalue weighted by Crippen LogP contribution is 2.30. The van der Waals surface area contributed by atoms with Gasteiger partial charge in [-0.1, -0.05) is 18.2 Å². The summed E-state index contributed by atoms with van der Waals surface area (Å²) in [6.45, 7) is 5.61. The molecule has 0 radical (unpaired) electrons. The zero-order valence-corrected chi connectivity index (χ0v) is 16.2. The molecule has 152 valence electrons. The molecule has 1 aliphatic rings. The Labute approximate surface area is 164 Å². The van der Waals surface area contributed by atoms with E-state index in [1.807, 2.05) is 19.3 Å². The summed E-state index contributed by atoms with van der Waals surface area (Å²) in [4.78, 5) is 11.0. The van der Waals surface area contributed by atoms with Gasteiger partial charge < -0.3 is 5.32 Å². The number of aryl methyl sites for hydroxylation is 1. The molecule has 1 aliphatic heterocycles. The minimum absolute atomic E-state index is 0.505. The fraction of sp³-hybridized carbons (Fsp3) is 0.524. The van der Waals surface area contributed by atoms with Gasteiger partial charge in [0.15, 0.2) is 0 Å². The molecule has 1 aromatic heterocycles. The lowest BCUT2D eigenvalue weighted by Crippen LogP contribution is -2.35. The summed E-state index contributed by atoms with van der Waals surface area (Å²) in [5.74, 6) is 1.15. The number of halogens is 3. The van der Waals surface area contributed by atoms with E-state index in [9.17, 15) is 13.2 Å². The highest BCUT2D eigenvalue weighted by Gasteiger charge is 2.30. The zero-order valence-electron chi connectivity index (χ0n) is 16.2. The van der Waals surface area contributed by atoms with Crippen molar-refractivity contribution < 1.29 is 13.2 Å². The lowest BCUT2D eigenvalue weighted by atomic mass is 9.91. The Morgan fingerprint density at radius 2 is 1.96 bits per heavy atom. The van der Waals surface area contributed by atoms with E-state index in [2.05, 4.69) is 20.2 Å². The Bertz CT molecular complexity index is 746. The van der Waals surface area contributed by atoms with Crippen molar-refractivity contribution in [2.45, 2.75) is 45.3 Å². The predicted molar refractivity (Wildman–Crippen MR) is 104 cm³/mol. The predicted octanol–water partition coefficient (Wildman–Crippen LogP) is 4.77. The number of aromatic nitrogens is 2. The Kier molecular flexibility index (Phi) is 6.88. The molecule has 1 atom stereocenters. The molecule has 0 amide bonds. The molecule has 1 saturated heterocycles. The van der Waals surface area contributed by atoms with Crippen LogP contribution in [0.25, 0.3) is 0 Å². The fourth-order valence-corrected chi connectivity index (χ4v) is 3.75. The number of anilines is 1. The first-order valence-corrected chi connectivity index (χ1v) is 9.87. The molecule has 2 heterocycles. The molecule has 1 N–H and O–H groups in total. The van der Waals surface area contributed by atoms with Crippen LogP contribution in [0.1, 0.15) is 42.9 Å². The smallest absolute Gasteiger partial charge is 0.355 e. The van der Waals surface area contributed by atoms with Crippen molar-refractivity contribution in [3.05, 3.63) is 53.3 Å². The molecule has 0 aliphatic carbocycles. The van der Waals surface area contributed by atoms with Crippen LogP contribution in [0.15, 0.2) is 36.7 Å². The molecule has 0 saturated carbocycles. The number of rotatable bonds is 7. The number of piperidine rings is 1. The average Bonchev–Trinajstić information content (AvgIpc) is 2.68. The topological polar surface area (TPSA) is 41.1 Å². The van der Waals surface area contributed by atoms with E-state index in [1.54, 1.807) is 6.07 Å². The van der Waals surface area contributed by atoms with Gasteiger partial charge in [-0.3, -0.25) is 4.90 Å². The second kappa shape index (κ2) is 9.37. The fourth-order valence-electron chi connectivity index (χ4n) is 3.75. The molecule has 2 aromatic rings. The van der Waals surface area contributed by atoms with Crippen LogP contribution >= 0.6 is 0 Å². The van der Waals surface area contributed by atoms with Gasteiger partial charge in [0.05, 0.1) is 5.56 Å². The maximum atomic E-state index is 12.9. The molecule has 1 aromatic carbocycles. The monoisotopic (exact) mass is 392 g/mol. The summed E-state index contributed by atoms with van der Waals surface area (Å²) in [6.07, 6.45) is 3.28. The van der Waals surface area contributed by atoms with Crippen molar-refractivity contribution >= 4 is 5.95 Å². The molecule has 3 rings (SSSR count). The summed E-state index contributed by atoms with van der Waals surface area (Å²) in [6, 6.07) is 5.71. The van der Waals surface area contributed by atoms with Crippen LogP contribution in [-0.2, 0) is 19.1 Å². The normalized spacial score (nSPS) is 18.2. The Morgan fingerprint density at radius 1 is 1.18 bits per heavy atom. The summed E-state index contributed by atoms with van der Waals surface area (Å²) in [5, 5.41) is 3.08. The molecule has 28 heavy (non-hydrogen) atoms. The first-order chi connectivity index (χ1) is 13.4. The van der Waals surface area contributed by atoms with Crippen LogP contribution in [0, 0.1) is 5.92 Å². The Balaban J connectivity index is 1.51. The van der Waals surface area contributed by atoms with Crippen molar-refractivity contribution in [3.8, 4) is 0 Å². The maximum Gasteiger partial charge on any atom is 0.416 e. The maximum absolute atomic E-state index is 12.9. The molecule has 0 unspecified atom stereocenters. The van der Waals surface area contributed by atoms with Gasteiger partial charge in [0, 0.05) is 37.6 Å². The summed E-state index contributed by atoms with van der Waals surface area (Å²) < 4.78 is 38.6. The second-order valence-electron chi connectivity index (χ2n) is 7.43. The SMILES string of the molecule is CCNc1ncc(CN2CCC[C@H](CCc3cccc(C(F)(F)F)c3)C2)cn1. The van der Waals surface area contributed by atoms with Gasteiger partial charge in [-0.15, -0.1) is 0 Å². The van der Waals surface area contributed by atoms with Crippen LogP contribution in [0.4, 0.5) is 19.1 Å². The van der Waals surface area contributed by atoms with Crippen LogP contribution < -0.4 is 5.32 Å². The summed E-state index contributed by atoms with van der Waals surface area (Å²) in [7, 11) is 0. The molecule has 0 spiro atoms. The molecular formula is C21H27F3N4. The van der Waals surface area contributed by atoms with Gasteiger partial charge in [-0.05, 0) is 56.7 Å². The molecule has 4 nitrogen and oxygen atoms in total. The van der Waals surface area contributed by atoms with Crippen molar-refractivity contribution in [2.75, 3.05) is 25.0 Å². The van der Waals surface area contributed by atoms with Crippen LogP contribution in [0.5, 0.6) is 0 Å². The highest BCUT2D eigenvalue weighted by molar-refractivity contribution is 5.26. The van der Waals surface area contributed by atoms with Crippen molar-refractivity contribution in [3.63, 3.8) is 0 Å². The zero-order chi connectivity index (χ0) is 20.0. The minimum Gasteiger partial charge on any atom is -0.355 e. The van der Waals surface area contributed by atoms with Gasteiger partial charge in [-0.2, -0.15) is 13.2 Å². The van der Waals surface area contributed by atoms with Gasteiger partial charge in [0.25, 0.3) is 0 Å². The van der Waals surface area contributed by atoms with E-state index < -0.39 is 11.7 Å². The van der Waals surface area contributed by atoms with E-state index in [-0.39, 0.29) is 0 Å². The number of hydrogen-bond donors (Lipinski definition) is 1. The van der Waals surface area contributed by atoms with E-state index >= 15 is 0 Å². The quantitative estimate of drug-likeness (QED) is 0.737. The molecule has 7 heteroatoms. The first-order valence-electron chi connectivity index (χ1n) is 9.87. The van der Waals surface area contributed by atoms with E-state index in [4.69, 9.17) is 0 Å². The lowest BCUT2D eigenvalue weighted by molar-refractivity contribution is -0.137. The third-order valence-electron chi connectivity index (χ3n) is 5.15. The van der Waals surface area contributed by atoms with Gasteiger partial charge >= 0.3 is 6.18 Å². The molecule has 0 bridgehead atoms. The number of alkyl halides is 3. The molecular weight excluding hydrogens is 365 g/mol. The van der Waals surface area contributed by atoms with Gasteiger partial charge in [0.2, 0.25) is 5.95 Å². The Morgan fingerprint density at radius 3 is 2.68 bits per heavy atom. The third kappa shape index (κ3) is 5.92. The van der Waals surface area contributed by atoms with Crippen LogP contribution in [0.2, 0.25) is 0 Å².